The maximum absolute atomic E-state index is 14.5. The van der Waals surface area contributed by atoms with Crippen molar-refractivity contribution in [1.29, 1.82) is 0 Å². The van der Waals surface area contributed by atoms with Crippen LogP contribution >= 0.6 is 11.8 Å². The number of hydrogen-bond donors (Lipinski definition) is 1. The van der Waals surface area contributed by atoms with Gasteiger partial charge in [0.1, 0.15) is 18.0 Å². The molecule has 0 radical (unpaired) electrons. The summed E-state index contributed by atoms with van der Waals surface area (Å²) in [5, 5.41) is 3.27. The molecule has 1 amide bonds. The monoisotopic (exact) mass is 513 g/mol. The summed E-state index contributed by atoms with van der Waals surface area (Å²) in [4.78, 5) is 18.6. The number of carbonyl (C=O) groups is 1. The lowest BCUT2D eigenvalue weighted by Crippen LogP contribution is -2.40. The normalized spacial score (nSPS) is 19.0. The van der Waals surface area contributed by atoms with E-state index in [1.165, 1.54) is 6.07 Å². The average Bonchev–Trinajstić information content (AvgIpc) is 3.53. The number of hydrogen-bond acceptors (Lipinski definition) is 4. The summed E-state index contributed by atoms with van der Waals surface area (Å²) < 4.78 is 36.5. The molecule has 5 rings (SSSR count). The van der Waals surface area contributed by atoms with E-state index in [1.807, 2.05) is 46.7 Å². The lowest BCUT2D eigenvalue weighted by Gasteiger charge is -2.30. The van der Waals surface area contributed by atoms with Gasteiger partial charge in [0, 0.05) is 25.3 Å². The number of nitrogens with zero attached hydrogens (tertiary/aromatic N) is 2. The van der Waals surface area contributed by atoms with Crippen LogP contribution in [0.4, 0.5) is 8.78 Å². The first-order chi connectivity index (χ1) is 17.5. The van der Waals surface area contributed by atoms with E-state index in [0.717, 1.165) is 61.7 Å². The van der Waals surface area contributed by atoms with Gasteiger partial charge in [0.2, 0.25) is 5.91 Å². The number of nitrogens with one attached hydrogen (secondary N) is 1. The molecule has 5 nitrogen and oxygen atoms in total. The number of amides is 1. The zero-order valence-corrected chi connectivity index (χ0v) is 21.4. The minimum atomic E-state index is -0.955. The van der Waals surface area contributed by atoms with Gasteiger partial charge in [-0.15, -0.1) is 0 Å². The Bertz CT molecular complexity index is 1190. The number of aromatic nitrogens is 2. The molecule has 192 valence electrons. The quantitative estimate of drug-likeness (QED) is 0.391. The number of imidazole rings is 1. The van der Waals surface area contributed by atoms with Crippen LogP contribution in [0.25, 0.3) is 11.0 Å². The number of benzene rings is 2. The van der Waals surface area contributed by atoms with Crippen molar-refractivity contribution >= 4 is 28.7 Å². The van der Waals surface area contributed by atoms with Gasteiger partial charge in [-0.05, 0) is 55.1 Å². The molecule has 2 aliphatic rings. The van der Waals surface area contributed by atoms with Crippen LogP contribution in [0.2, 0.25) is 0 Å². The molecule has 2 heterocycles. The summed E-state index contributed by atoms with van der Waals surface area (Å²) >= 11 is 1.94. The minimum Gasteiger partial charge on any atom is -0.369 e. The Morgan fingerprint density at radius 3 is 2.50 bits per heavy atom. The third-order valence-electron chi connectivity index (χ3n) is 7.54. The molecule has 1 aliphatic heterocycles. The lowest BCUT2D eigenvalue weighted by atomic mass is 9.93. The van der Waals surface area contributed by atoms with Crippen molar-refractivity contribution in [1.82, 2.24) is 14.9 Å². The first kappa shape index (κ1) is 25.2. The van der Waals surface area contributed by atoms with E-state index in [4.69, 9.17) is 9.72 Å². The van der Waals surface area contributed by atoms with Crippen LogP contribution < -0.4 is 5.32 Å². The Morgan fingerprint density at radius 2 is 1.81 bits per heavy atom. The Hall–Kier alpha value is -2.45. The summed E-state index contributed by atoms with van der Waals surface area (Å²) in [5.74, 6) is 1.03. The standard InChI is InChI=1S/C28H33F2N3O2S/c1-35-26(19-7-3-2-4-8-19)27-32-23-16-21(29)22(30)17-24(23)33(27)25(15-18-11-13-36-14-12-18)28(34)31-20-9-5-6-10-20/h2-4,7-8,16-18,20,25-26H,5-6,9-15H2,1H3,(H,31,34). The van der Waals surface area contributed by atoms with Crippen molar-refractivity contribution in [3.8, 4) is 0 Å². The van der Waals surface area contributed by atoms with Crippen molar-refractivity contribution in [2.75, 3.05) is 18.6 Å². The van der Waals surface area contributed by atoms with Crippen molar-refractivity contribution in [3.05, 3.63) is 65.5 Å². The van der Waals surface area contributed by atoms with Crippen LogP contribution in [-0.4, -0.2) is 40.1 Å². The molecule has 2 aromatic carbocycles. The number of carbonyl (C=O) groups excluding carboxylic acids is 1. The minimum absolute atomic E-state index is 0.0756. The molecular weight excluding hydrogens is 480 g/mol. The smallest absolute Gasteiger partial charge is 0.243 e. The highest BCUT2D eigenvalue weighted by Gasteiger charge is 2.34. The van der Waals surface area contributed by atoms with Gasteiger partial charge in [-0.25, -0.2) is 13.8 Å². The largest absolute Gasteiger partial charge is 0.369 e. The zero-order valence-electron chi connectivity index (χ0n) is 20.6. The van der Waals surface area contributed by atoms with E-state index in [1.54, 1.807) is 7.11 Å². The van der Waals surface area contributed by atoms with Gasteiger partial charge < -0.3 is 14.6 Å². The molecule has 1 saturated carbocycles. The highest BCUT2D eigenvalue weighted by molar-refractivity contribution is 7.99. The molecule has 0 bridgehead atoms. The number of fused-ring (bicyclic) bond motifs is 1. The van der Waals surface area contributed by atoms with Gasteiger partial charge in [0.15, 0.2) is 11.6 Å². The predicted molar refractivity (Wildman–Crippen MR) is 139 cm³/mol. The van der Waals surface area contributed by atoms with E-state index in [2.05, 4.69) is 5.32 Å². The predicted octanol–water partition coefficient (Wildman–Crippen LogP) is 6.18. The van der Waals surface area contributed by atoms with Gasteiger partial charge in [0.05, 0.1) is 11.0 Å². The topological polar surface area (TPSA) is 56.2 Å². The van der Waals surface area contributed by atoms with E-state index >= 15 is 0 Å². The van der Waals surface area contributed by atoms with Crippen molar-refractivity contribution in [2.45, 2.75) is 63.1 Å². The van der Waals surface area contributed by atoms with Gasteiger partial charge in [-0.2, -0.15) is 11.8 Å². The number of methoxy groups -OCH3 is 1. The maximum atomic E-state index is 14.5. The van der Waals surface area contributed by atoms with E-state index < -0.39 is 23.8 Å². The Kier molecular flexibility index (Phi) is 7.91. The second-order valence-electron chi connectivity index (χ2n) is 9.92. The van der Waals surface area contributed by atoms with Gasteiger partial charge >= 0.3 is 0 Å². The third-order valence-corrected chi connectivity index (χ3v) is 8.59. The second kappa shape index (κ2) is 11.3. The second-order valence-corrected chi connectivity index (χ2v) is 11.1. The molecule has 36 heavy (non-hydrogen) atoms. The molecule has 3 aromatic rings. The van der Waals surface area contributed by atoms with Crippen LogP contribution in [0.3, 0.4) is 0 Å². The Labute approximate surface area is 215 Å². The fourth-order valence-electron chi connectivity index (χ4n) is 5.63. The number of rotatable bonds is 8. The van der Waals surface area contributed by atoms with Crippen molar-refractivity contribution in [3.63, 3.8) is 0 Å². The van der Waals surface area contributed by atoms with Gasteiger partial charge in [-0.1, -0.05) is 43.2 Å². The Balaban J connectivity index is 1.64. The first-order valence-corrected chi connectivity index (χ1v) is 14.0. The van der Waals surface area contributed by atoms with E-state index in [9.17, 15) is 13.6 Å². The fraction of sp³-hybridized carbons (Fsp3) is 0.500. The molecular formula is C28H33F2N3O2S. The van der Waals surface area contributed by atoms with Gasteiger partial charge in [-0.3, -0.25) is 4.79 Å². The van der Waals surface area contributed by atoms with Crippen LogP contribution in [0.15, 0.2) is 42.5 Å². The molecule has 1 saturated heterocycles. The van der Waals surface area contributed by atoms with Crippen LogP contribution in [-0.2, 0) is 9.53 Å². The summed E-state index contributed by atoms with van der Waals surface area (Å²) in [5.41, 5.74) is 1.60. The molecule has 8 heteroatoms. The van der Waals surface area contributed by atoms with Crippen LogP contribution in [0, 0.1) is 17.6 Å². The highest BCUT2D eigenvalue weighted by atomic mass is 32.2. The fourth-order valence-corrected chi connectivity index (χ4v) is 6.84. The summed E-state index contributed by atoms with van der Waals surface area (Å²) in [6.45, 7) is 0. The SMILES string of the molecule is COC(c1ccccc1)c1nc2cc(F)c(F)cc2n1C(CC1CCSCC1)C(=O)NC1CCCC1. The molecule has 1 N–H and O–H groups in total. The summed E-state index contributed by atoms with van der Waals surface area (Å²) in [6.07, 6.45) is 6.28. The van der Waals surface area contributed by atoms with Crippen molar-refractivity contribution in [2.24, 2.45) is 5.92 Å². The first-order valence-electron chi connectivity index (χ1n) is 12.9. The summed E-state index contributed by atoms with van der Waals surface area (Å²) in [7, 11) is 1.59. The van der Waals surface area contributed by atoms with Crippen LogP contribution in [0.5, 0.6) is 0 Å². The van der Waals surface area contributed by atoms with E-state index in [0.29, 0.717) is 29.2 Å². The number of thioether (sulfide) groups is 1. The molecule has 1 aromatic heterocycles. The molecule has 1 aliphatic carbocycles. The summed E-state index contributed by atoms with van der Waals surface area (Å²) in [6, 6.07) is 11.5. The number of halogens is 2. The van der Waals surface area contributed by atoms with Gasteiger partial charge in [0.25, 0.3) is 0 Å². The number of ether oxygens (including phenoxy) is 1. The lowest BCUT2D eigenvalue weighted by molar-refractivity contribution is -0.125. The third kappa shape index (κ3) is 5.30. The average molecular weight is 514 g/mol. The molecule has 0 spiro atoms. The molecule has 2 unspecified atom stereocenters. The van der Waals surface area contributed by atoms with E-state index in [-0.39, 0.29) is 11.9 Å². The maximum Gasteiger partial charge on any atom is 0.243 e. The molecule has 2 atom stereocenters. The highest BCUT2D eigenvalue weighted by Crippen LogP contribution is 2.37. The van der Waals surface area contributed by atoms with Crippen LogP contribution in [0.1, 0.15) is 68.5 Å². The zero-order chi connectivity index (χ0) is 25.1. The molecule has 2 fully saturated rings. The Morgan fingerprint density at radius 1 is 1.11 bits per heavy atom. The van der Waals surface area contributed by atoms with Crippen molar-refractivity contribution < 1.29 is 18.3 Å².